The minimum atomic E-state index is -4.43. The highest BCUT2D eigenvalue weighted by molar-refractivity contribution is 7.91. The number of aliphatic hydroxyl groups is 1. The summed E-state index contributed by atoms with van der Waals surface area (Å²) in [6.45, 7) is 0. The third-order valence-electron chi connectivity index (χ3n) is 3.32. The lowest BCUT2D eigenvalue weighted by atomic mass is 10.1. The highest BCUT2D eigenvalue weighted by atomic mass is 32.2. The molecule has 2 rings (SSSR count). The number of hydrogen-bond acceptors (Lipinski definition) is 4. The molecule has 1 aliphatic heterocycles. The van der Waals surface area contributed by atoms with Crippen molar-refractivity contribution in [1.29, 1.82) is 0 Å². The summed E-state index contributed by atoms with van der Waals surface area (Å²) < 4.78 is 59.8. The molecule has 0 bridgehead atoms. The highest BCUT2D eigenvalue weighted by Crippen LogP contribution is 2.29. The Kier molecular flexibility index (Phi) is 4.81. The quantitative estimate of drug-likeness (QED) is 0.798. The van der Waals surface area contributed by atoms with Gasteiger partial charge in [0.1, 0.15) is 0 Å². The van der Waals surface area contributed by atoms with Crippen molar-refractivity contribution in [2.24, 2.45) is 0 Å². The summed E-state index contributed by atoms with van der Waals surface area (Å²) in [7, 11) is -3.37. The van der Waals surface area contributed by atoms with E-state index < -0.39 is 45.4 Å². The molecule has 1 aliphatic rings. The van der Waals surface area contributed by atoms with E-state index in [0.29, 0.717) is 5.56 Å². The Morgan fingerprint density at radius 2 is 1.83 bits per heavy atom. The number of amides is 1. The van der Waals surface area contributed by atoms with Crippen molar-refractivity contribution in [3.8, 4) is 0 Å². The molecule has 0 unspecified atom stereocenters. The number of aliphatic hydroxyl groups excluding tert-OH is 1. The van der Waals surface area contributed by atoms with Gasteiger partial charge in [0.15, 0.2) is 9.84 Å². The van der Waals surface area contributed by atoms with Crippen LogP contribution < -0.4 is 5.32 Å². The molecule has 0 spiro atoms. The summed E-state index contributed by atoms with van der Waals surface area (Å²) in [6, 6.07) is 3.32. The Balaban J connectivity index is 1.96. The van der Waals surface area contributed by atoms with E-state index in [1.807, 2.05) is 0 Å². The average molecular weight is 349 g/mol. The first-order chi connectivity index (χ1) is 10.6. The number of halogens is 3. The predicted molar refractivity (Wildman–Crippen MR) is 77.1 cm³/mol. The van der Waals surface area contributed by atoms with Gasteiger partial charge in [0.05, 0.1) is 29.2 Å². The van der Waals surface area contributed by atoms with E-state index in [-0.39, 0.29) is 5.75 Å². The monoisotopic (exact) mass is 349 g/mol. The zero-order chi connectivity index (χ0) is 17.3. The van der Waals surface area contributed by atoms with Crippen LogP contribution in [-0.2, 0) is 20.8 Å². The topological polar surface area (TPSA) is 83.5 Å². The molecular formula is C14H14F3NO4S. The first kappa shape index (κ1) is 17.5. The Morgan fingerprint density at radius 3 is 2.30 bits per heavy atom. The summed E-state index contributed by atoms with van der Waals surface area (Å²) in [4.78, 5) is 11.7. The maximum absolute atomic E-state index is 12.4. The molecule has 0 aliphatic carbocycles. The first-order valence-electron chi connectivity index (χ1n) is 6.61. The molecule has 1 fully saturated rings. The number of carbonyl (C=O) groups excluding carboxylic acids is 1. The largest absolute Gasteiger partial charge is 0.416 e. The molecule has 1 amide bonds. The molecule has 5 nitrogen and oxygen atoms in total. The lowest BCUT2D eigenvalue weighted by Gasteiger charge is -2.13. The number of rotatable bonds is 3. The van der Waals surface area contributed by atoms with Crippen molar-refractivity contribution in [1.82, 2.24) is 5.32 Å². The molecular weight excluding hydrogens is 335 g/mol. The molecule has 1 aromatic carbocycles. The van der Waals surface area contributed by atoms with E-state index in [4.69, 9.17) is 0 Å². The third-order valence-corrected chi connectivity index (χ3v) is 5.03. The van der Waals surface area contributed by atoms with Crippen LogP contribution >= 0.6 is 0 Å². The number of hydrogen-bond donors (Lipinski definition) is 2. The van der Waals surface area contributed by atoms with Gasteiger partial charge in [-0.25, -0.2) is 8.42 Å². The lowest BCUT2D eigenvalue weighted by Crippen LogP contribution is -2.41. The Hall–Kier alpha value is -1.87. The van der Waals surface area contributed by atoms with Crippen molar-refractivity contribution >= 4 is 21.8 Å². The van der Waals surface area contributed by atoms with E-state index in [2.05, 4.69) is 5.32 Å². The van der Waals surface area contributed by atoms with Crippen molar-refractivity contribution in [3.05, 3.63) is 41.5 Å². The highest BCUT2D eigenvalue weighted by Gasteiger charge is 2.37. The van der Waals surface area contributed by atoms with Crippen molar-refractivity contribution in [2.75, 3.05) is 11.5 Å². The van der Waals surface area contributed by atoms with Gasteiger partial charge in [0.2, 0.25) is 5.91 Å². The molecule has 2 N–H and O–H groups in total. The number of sulfone groups is 1. The lowest BCUT2D eigenvalue weighted by molar-refractivity contribution is -0.137. The van der Waals surface area contributed by atoms with Crippen molar-refractivity contribution in [3.63, 3.8) is 0 Å². The number of carbonyl (C=O) groups is 1. The van der Waals surface area contributed by atoms with Gasteiger partial charge in [-0.05, 0) is 23.8 Å². The van der Waals surface area contributed by atoms with Gasteiger partial charge in [-0.1, -0.05) is 12.1 Å². The van der Waals surface area contributed by atoms with E-state index in [9.17, 15) is 31.5 Å². The van der Waals surface area contributed by atoms with Crippen LogP contribution in [0.1, 0.15) is 11.1 Å². The fourth-order valence-electron chi connectivity index (χ4n) is 2.15. The molecule has 23 heavy (non-hydrogen) atoms. The summed E-state index contributed by atoms with van der Waals surface area (Å²) in [5.74, 6) is -1.37. The summed E-state index contributed by atoms with van der Waals surface area (Å²) in [5.41, 5.74) is -0.411. The normalized spacial score (nSPS) is 24.0. The predicted octanol–water partition coefficient (Wildman–Crippen LogP) is 0.993. The van der Waals surface area contributed by atoms with Crippen LogP contribution in [-0.4, -0.2) is 43.1 Å². The molecule has 1 saturated heterocycles. The fraction of sp³-hybridized carbons (Fsp3) is 0.357. The van der Waals surface area contributed by atoms with Crippen LogP contribution in [0.25, 0.3) is 6.08 Å². The Morgan fingerprint density at radius 1 is 1.22 bits per heavy atom. The molecule has 126 valence electrons. The number of alkyl halides is 3. The van der Waals surface area contributed by atoms with Crippen LogP contribution in [0.4, 0.5) is 13.2 Å². The van der Waals surface area contributed by atoms with Gasteiger partial charge >= 0.3 is 6.18 Å². The third kappa shape index (κ3) is 4.80. The van der Waals surface area contributed by atoms with Crippen molar-refractivity contribution < 1.29 is 31.5 Å². The number of benzene rings is 1. The van der Waals surface area contributed by atoms with Gasteiger partial charge in [-0.3, -0.25) is 4.79 Å². The van der Waals surface area contributed by atoms with Crippen LogP contribution in [0.3, 0.4) is 0 Å². The molecule has 0 saturated carbocycles. The van der Waals surface area contributed by atoms with Crippen LogP contribution in [0.15, 0.2) is 30.3 Å². The van der Waals surface area contributed by atoms with Gasteiger partial charge in [0.25, 0.3) is 0 Å². The second-order valence-electron chi connectivity index (χ2n) is 5.21. The van der Waals surface area contributed by atoms with Gasteiger partial charge in [-0.2, -0.15) is 13.2 Å². The summed E-state index contributed by atoms with van der Waals surface area (Å²) in [5, 5.41) is 11.9. The first-order valence-corrected chi connectivity index (χ1v) is 8.43. The maximum atomic E-state index is 12.4. The smallest absolute Gasteiger partial charge is 0.390 e. The van der Waals surface area contributed by atoms with Crippen LogP contribution in [0, 0.1) is 0 Å². The van der Waals surface area contributed by atoms with Gasteiger partial charge in [0, 0.05) is 6.08 Å². The standard InChI is InChI=1S/C14H14F3NO4S/c15-14(16,17)10-4-1-9(2-5-10)3-6-13(20)18-11-7-23(21,22)8-12(11)19/h1-6,11-12,19H,7-8H2,(H,18,20)/b6-3+/t11-,12-/m1/s1. The van der Waals surface area contributed by atoms with Gasteiger partial charge < -0.3 is 10.4 Å². The zero-order valence-electron chi connectivity index (χ0n) is 11.7. The number of nitrogens with one attached hydrogen (secondary N) is 1. The van der Waals surface area contributed by atoms with Crippen LogP contribution in [0.5, 0.6) is 0 Å². The molecule has 1 heterocycles. The fourth-order valence-corrected chi connectivity index (χ4v) is 3.89. The molecule has 9 heteroatoms. The van der Waals surface area contributed by atoms with Crippen LogP contribution in [0.2, 0.25) is 0 Å². The summed E-state index contributed by atoms with van der Waals surface area (Å²) in [6.07, 6.45) is -3.22. The van der Waals surface area contributed by atoms with Gasteiger partial charge in [-0.15, -0.1) is 0 Å². The summed E-state index contributed by atoms with van der Waals surface area (Å²) >= 11 is 0. The average Bonchev–Trinajstić information content (AvgIpc) is 2.68. The minimum Gasteiger partial charge on any atom is -0.390 e. The second kappa shape index (κ2) is 6.32. The van der Waals surface area contributed by atoms with E-state index in [0.717, 1.165) is 18.2 Å². The Bertz CT molecular complexity index is 711. The molecule has 1 aromatic rings. The van der Waals surface area contributed by atoms with Crippen molar-refractivity contribution in [2.45, 2.75) is 18.3 Å². The molecule has 2 atom stereocenters. The molecule has 0 radical (unpaired) electrons. The minimum absolute atomic E-state index is 0.339. The SMILES string of the molecule is O=C(/C=C/c1ccc(C(F)(F)F)cc1)N[C@@H]1CS(=O)(=O)C[C@H]1O. The Labute approximate surface area is 130 Å². The second-order valence-corrected chi connectivity index (χ2v) is 7.37. The van der Waals surface area contributed by atoms with E-state index in [1.165, 1.54) is 18.2 Å². The zero-order valence-corrected chi connectivity index (χ0v) is 12.6. The molecule has 0 aromatic heterocycles. The maximum Gasteiger partial charge on any atom is 0.416 e. The van der Waals surface area contributed by atoms with E-state index in [1.54, 1.807) is 0 Å². The van der Waals surface area contributed by atoms with E-state index >= 15 is 0 Å².